The Bertz CT molecular complexity index is 997. The number of hydrogen-bond acceptors (Lipinski definition) is 5. The smallest absolute Gasteiger partial charge is 0.410 e. The Labute approximate surface area is 174 Å². The maximum atomic E-state index is 12.9. The molecule has 0 radical (unpaired) electrons. The van der Waals surface area contributed by atoms with Crippen molar-refractivity contribution in [1.82, 2.24) is 19.6 Å². The Balaban J connectivity index is 1.39. The maximum absolute atomic E-state index is 12.9. The number of ether oxygens (including phenoxy) is 1. The lowest BCUT2D eigenvalue weighted by Crippen LogP contribution is -2.48. The third-order valence-corrected chi connectivity index (χ3v) is 6.07. The van der Waals surface area contributed by atoms with E-state index in [9.17, 15) is 9.59 Å². The zero-order valence-electron chi connectivity index (χ0n) is 17.2. The fraction of sp³-hybridized carbons (Fsp3) is 0.476. The molecule has 1 saturated heterocycles. The normalized spacial score (nSPS) is 17.2. The lowest BCUT2D eigenvalue weighted by Gasteiger charge is -2.33. The van der Waals surface area contributed by atoms with Gasteiger partial charge in [-0.25, -0.2) is 9.78 Å². The van der Waals surface area contributed by atoms with E-state index in [2.05, 4.69) is 14.7 Å². The summed E-state index contributed by atoms with van der Waals surface area (Å²) >= 11 is 1.46. The monoisotopic (exact) mass is 414 g/mol. The minimum atomic E-state index is -0.500. The largest absolute Gasteiger partial charge is 0.444 e. The van der Waals surface area contributed by atoms with E-state index in [0.717, 1.165) is 34.9 Å². The summed E-state index contributed by atoms with van der Waals surface area (Å²) in [4.78, 5) is 32.0. The molecule has 4 rings (SSSR count). The summed E-state index contributed by atoms with van der Waals surface area (Å²) in [5.74, 6) is -0.0745. The van der Waals surface area contributed by atoms with Crippen LogP contribution in [0, 0.1) is 6.92 Å². The molecular formula is C21H26N4O3S. The van der Waals surface area contributed by atoms with Gasteiger partial charge in [0.2, 0.25) is 0 Å². The number of piperidine rings is 1. The summed E-state index contributed by atoms with van der Waals surface area (Å²) < 4.78 is 7.51. The van der Waals surface area contributed by atoms with Crippen LogP contribution in [0.2, 0.25) is 0 Å². The average molecular weight is 415 g/mol. The summed E-state index contributed by atoms with van der Waals surface area (Å²) in [6, 6.07) is 5.98. The van der Waals surface area contributed by atoms with Gasteiger partial charge in [0.25, 0.3) is 5.91 Å². The predicted molar refractivity (Wildman–Crippen MR) is 113 cm³/mol. The second-order valence-corrected chi connectivity index (χ2v) is 9.53. The van der Waals surface area contributed by atoms with Crippen molar-refractivity contribution in [3.05, 3.63) is 34.5 Å². The van der Waals surface area contributed by atoms with E-state index >= 15 is 0 Å². The molecule has 0 spiro atoms. The van der Waals surface area contributed by atoms with E-state index in [1.54, 1.807) is 4.90 Å². The molecule has 2 aliphatic heterocycles. The number of rotatable bonds is 2. The van der Waals surface area contributed by atoms with Gasteiger partial charge in [0, 0.05) is 19.1 Å². The number of pyridine rings is 1. The van der Waals surface area contributed by atoms with Crippen molar-refractivity contribution in [2.24, 2.45) is 0 Å². The maximum Gasteiger partial charge on any atom is 0.410 e. The summed E-state index contributed by atoms with van der Waals surface area (Å²) in [6.07, 6.45) is 3.06. The van der Waals surface area contributed by atoms with Crippen LogP contribution in [0.1, 0.15) is 45.0 Å². The van der Waals surface area contributed by atoms with Crippen LogP contribution in [0.15, 0.2) is 28.1 Å². The molecule has 2 aromatic rings. The number of hydrogen-bond donors (Lipinski definition) is 1. The number of likely N-dealkylation sites (tertiary alicyclic amines) is 1. The van der Waals surface area contributed by atoms with Gasteiger partial charge in [-0.15, -0.1) is 0 Å². The standard InChI is InChI=1S/C21H26N4O3S/c1-13-15-12-16(29-18-7-5-6-17(22-13)25(15)18)19(26)23-14-8-10-24(11-9-14)20(27)28-21(2,3)4/h5-7,12,14H,8-11H2,1-4H3,(H,23,26). The van der Waals surface area contributed by atoms with Gasteiger partial charge in [0.15, 0.2) is 0 Å². The van der Waals surface area contributed by atoms with Crippen molar-refractivity contribution in [2.75, 3.05) is 13.1 Å². The average Bonchev–Trinajstić information content (AvgIpc) is 2.98. The van der Waals surface area contributed by atoms with Crippen LogP contribution < -0.4 is 5.32 Å². The van der Waals surface area contributed by atoms with E-state index in [-0.39, 0.29) is 18.0 Å². The first-order valence-electron chi connectivity index (χ1n) is 9.88. The van der Waals surface area contributed by atoms with Gasteiger partial charge in [-0.3, -0.25) is 9.20 Å². The van der Waals surface area contributed by atoms with E-state index < -0.39 is 5.60 Å². The fourth-order valence-electron chi connectivity index (χ4n) is 3.62. The summed E-state index contributed by atoms with van der Waals surface area (Å²) in [6.45, 7) is 8.71. The minimum absolute atomic E-state index is 0.0476. The number of nitrogens with one attached hydrogen (secondary N) is 1. The molecule has 2 aliphatic rings. The fourth-order valence-corrected chi connectivity index (χ4v) is 4.59. The van der Waals surface area contributed by atoms with Crippen molar-refractivity contribution in [3.63, 3.8) is 0 Å². The Kier molecular flexibility index (Phi) is 5.06. The molecule has 0 aliphatic carbocycles. The molecule has 0 bridgehead atoms. The van der Waals surface area contributed by atoms with Crippen LogP contribution >= 0.6 is 11.8 Å². The molecule has 0 aromatic carbocycles. The number of imidazole rings is 1. The molecule has 7 nitrogen and oxygen atoms in total. The number of nitrogens with zero attached hydrogens (tertiary/aromatic N) is 3. The lowest BCUT2D eigenvalue weighted by atomic mass is 10.1. The second-order valence-electron chi connectivity index (χ2n) is 8.47. The molecule has 2 aromatic heterocycles. The number of thioether (sulfide) groups is 1. The second kappa shape index (κ2) is 7.40. The van der Waals surface area contributed by atoms with Crippen molar-refractivity contribution < 1.29 is 14.3 Å². The number of aryl methyl sites for hydroxylation is 1. The molecule has 0 saturated carbocycles. The van der Waals surface area contributed by atoms with Gasteiger partial charge in [0.05, 0.1) is 21.3 Å². The number of carbonyl (C=O) groups is 2. The molecule has 0 atom stereocenters. The van der Waals surface area contributed by atoms with E-state index in [1.807, 2.05) is 52.0 Å². The Morgan fingerprint density at radius 3 is 2.66 bits per heavy atom. The van der Waals surface area contributed by atoms with Gasteiger partial charge < -0.3 is 15.0 Å². The van der Waals surface area contributed by atoms with Gasteiger partial charge in [-0.05, 0) is 58.7 Å². The minimum Gasteiger partial charge on any atom is -0.444 e. The van der Waals surface area contributed by atoms with Gasteiger partial charge in [-0.1, -0.05) is 17.8 Å². The van der Waals surface area contributed by atoms with Crippen LogP contribution in [0.4, 0.5) is 4.79 Å². The molecular weight excluding hydrogens is 388 g/mol. The quantitative estimate of drug-likeness (QED) is 0.813. The third-order valence-electron chi connectivity index (χ3n) is 5.02. The molecule has 2 amide bonds. The van der Waals surface area contributed by atoms with Crippen LogP contribution in [-0.2, 0) is 9.53 Å². The third kappa shape index (κ3) is 4.12. The summed E-state index contributed by atoms with van der Waals surface area (Å²) in [7, 11) is 0. The zero-order chi connectivity index (χ0) is 20.8. The number of carbonyl (C=O) groups excluding carboxylic acids is 2. The summed E-state index contributed by atoms with van der Waals surface area (Å²) in [5, 5.41) is 4.13. The Morgan fingerprint density at radius 2 is 1.97 bits per heavy atom. The molecule has 4 heterocycles. The highest BCUT2D eigenvalue weighted by molar-refractivity contribution is 8.04. The van der Waals surface area contributed by atoms with Gasteiger partial charge in [-0.2, -0.15) is 0 Å². The van der Waals surface area contributed by atoms with Crippen LogP contribution in [-0.4, -0.2) is 51.0 Å². The first-order valence-corrected chi connectivity index (χ1v) is 10.7. The van der Waals surface area contributed by atoms with Crippen molar-refractivity contribution in [1.29, 1.82) is 0 Å². The van der Waals surface area contributed by atoms with Crippen LogP contribution in [0.5, 0.6) is 0 Å². The Hall–Kier alpha value is -2.48. The molecule has 0 unspecified atom stereocenters. The van der Waals surface area contributed by atoms with E-state index in [1.165, 1.54) is 11.8 Å². The van der Waals surface area contributed by atoms with Gasteiger partial charge >= 0.3 is 6.09 Å². The Morgan fingerprint density at radius 1 is 1.24 bits per heavy atom. The van der Waals surface area contributed by atoms with Crippen LogP contribution in [0.3, 0.4) is 0 Å². The zero-order valence-corrected chi connectivity index (χ0v) is 18.0. The predicted octanol–water partition coefficient (Wildman–Crippen LogP) is 3.61. The van der Waals surface area contributed by atoms with E-state index in [4.69, 9.17) is 4.74 Å². The molecule has 154 valence electrons. The summed E-state index contributed by atoms with van der Waals surface area (Å²) in [5.41, 5.74) is 2.26. The molecule has 1 N–H and O–H groups in total. The molecule has 8 heteroatoms. The number of amides is 2. The first kappa shape index (κ1) is 19.8. The highest BCUT2D eigenvalue weighted by Crippen LogP contribution is 2.35. The van der Waals surface area contributed by atoms with Crippen molar-refractivity contribution in [2.45, 2.75) is 57.2 Å². The molecule has 29 heavy (non-hydrogen) atoms. The first-order chi connectivity index (χ1) is 13.7. The van der Waals surface area contributed by atoms with Crippen LogP contribution in [0.25, 0.3) is 11.7 Å². The topological polar surface area (TPSA) is 75.9 Å². The van der Waals surface area contributed by atoms with Crippen molar-refractivity contribution >= 4 is 35.5 Å². The highest BCUT2D eigenvalue weighted by atomic mass is 32.2. The van der Waals surface area contributed by atoms with Crippen molar-refractivity contribution in [3.8, 4) is 0 Å². The van der Waals surface area contributed by atoms with E-state index in [0.29, 0.717) is 18.0 Å². The molecule has 1 fully saturated rings. The SMILES string of the molecule is Cc1nc2cccc3n2c1C=C(C(=O)NC1CCN(C(=O)OC(C)(C)C)CC1)S3. The lowest BCUT2D eigenvalue weighted by molar-refractivity contribution is -0.117. The van der Waals surface area contributed by atoms with Gasteiger partial charge in [0.1, 0.15) is 11.2 Å². The highest BCUT2D eigenvalue weighted by Gasteiger charge is 2.29. The number of aromatic nitrogens is 2.